The third-order valence-electron chi connectivity index (χ3n) is 5.23. The molecule has 2 N–H and O–H groups in total. The van der Waals surface area contributed by atoms with E-state index in [9.17, 15) is 15.0 Å². The molecule has 4 aliphatic rings. The summed E-state index contributed by atoms with van der Waals surface area (Å²) in [5.74, 6) is -0.898. The molecule has 0 spiro atoms. The van der Waals surface area contributed by atoms with Gasteiger partial charge in [0.25, 0.3) is 0 Å². The van der Waals surface area contributed by atoms with Gasteiger partial charge in [0.05, 0.1) is 12.5 Å². The number of rotatable bonds is 5. The van der Waals surface area contributed by atoms with Crippen molar-refractivity contribution < 1.29 is 34.0 Å². The van der Waals surface area contributed by atoms with Crippen LogP contribution in [0.2, 0.25) is 0 Å². The van der Waals surface area contributed by atoms with Gasteiger partial charge in [-0.05, 0) is 12.3 Å². The van der Waals surface area contributed by atoms with Crippen LogP contribution in [0, 0.1) is 11.8 Å². The average Bonchev–Trinajstić information content (AvgIpc) is 2.57. The van der Waals surface area contributed by atoms with Gasteiger partial charge < -0.3 is 29.2 Å². The van der Waals surface area contributed by atoms with Crippen molar-refractivity contribution in [1.82, 2.24) is 0 Å². The number of carbonyl (C=O) groups is 1. The van der Waals surface area contributed by atoms with E-state index in [-0.39, 0.29) is 13.0 Å². The highest BCUT2D eigenvalue weighted by molar-refractivity contribution is 5.66. The first-order valence-electron chi connectivity index (χ1n) is 8.38. The van der Waals surface area contributed by atoms with E-state index in [1.165, 1.54) is 6.92 Å². The van der Waals surface area contributed by atoms with E-state index in [0.29, 0.717) is 18.1 Å². The molecule has 0 aromatic rings. The van der Waals surface area contributed by atoms with Crippen molar-refractivity contribution in [3.05, 3.63) is 12.2 Å². The minimum atomic E-state index is -1.59. The molecule has 3 heterocycles. The topological polar surface area (TPSA) is 94.5 Å². The zero-order valence-electron chi connectivity index (χ0n) is 14.4. The quantitative estimate of drug-likeness (QED) is 0.562. The minimum Gasteiger partial charge on any atom is -0.459 e. The number of hydrogen-bond donors (Lipinski definition) is 2. The molecule has 3 aliphatic heterocycles. The van der Waals surface area contributed by atoms with Crippen LogP contribution >= 0.6 is 0 Å². The molecular weight excluding hydrogens is 316 g/mol. The molecule has 1 aliphatic carbocycles. The number of hydrogen-bond acceptors (Lipinski definition) is 7. The number of fused-ring (bicyclic) bond motifs is 2. The predicted octanol–water partition coefficient (Wildman–Crippen LogP) is 0.732. The molecule has 4 fully saturated rings. The molecule has 136 valence electrons. The Morgan fingerprint density at radius 1 is 1.46 bits per heavy atom. The molecule has 7 nitrogen and oxygen atoms in total. The second-order valence-corrected chi connectivity index (χ2v) is 7.42. The van der Waals surface area contributed by atoms with Gasteiger partial charge in [0.2, 0.25) is 0 Å². The maximum Gasteiger partial charge on any atom is 0.303 e. The lowest BCUT2D eigenvalue weighted by Crippen LogP contribution is -2.58. The highest BCUT2D eigenvalue weighted by Crippen LogP contribution is 2.56. The maximum absolute atomic E-state index is 11.4. The van der Waals surface area contributed by atoms with Crippen LogP contribution in [0.3, 0.4) is 0 Å². The fourth-order valence-corrected chi connectivity index (χ4v) is 3.91. The molecule has 0 aromatic heterocycles. The third-order valence-corrected chi connectivity index (χ3v) is 5.23. The lowest BCUT2D eigenvalue weighted by molar-refractivity contribution is -0.281. The van der Waals surface area contributed by atoms with Crippen LogP contribution in [0.5, 0.6) is 0 Å². The van der Waals surface area contributed by atoms with Gasteiger partial charge >= 0.3 is 5.97 Å². The van der Waals surface area contributed by atoms with Gasteiger partial charge in [-0.2, -0.15) is 0 Å². The summed E-state index contributed by atoms with van der Waals surface area (Å²) in [5, 5.41) is 22.4. The van der Waals surface area contributed by atoms with Gasteiger partial charge in [0.1, 0.15) is 17.3 Å². The second-order valence-electron chi connectivity index (χ2n) is 7.42. The standard InChI is InChI=1S/C17H26O7/c1-9(2)5-6-21-15-13-16(19)7-12(23-11(4)18)17(13,20)8-22-14(24-15)10(16)3/h9,12-15,19-20H,3,5-8H2,1-2,4H3. The predicted molar refractivity (Wildman–Crippen MR) is 82.7 cm³/mol. The zero-order chi connectivity index (χ0) is 17.7. The Morgan fingerprint density at radius 2 is 2.17 bits per heavy atom. The van der Waals surface area contributed by atoms with Crippen molar-refractivity contribution in [1.29, 1.82) is 0 Å². The smallest absolute Gasteiger partial charge is 0.303 e. The van der Waals surface area contributed by atoms with Gasteiger partial charge in [-0.15, -0.1) is 0 Å². The van der Waals surface area contributed by atoms with Crippen LogP contribution in [-0.4, -0.2) is 59.3 Å². The molecule has 6 unspecified atom stereocenters. The van der Waals surface area contributed by atoms with E-state index in [4.69, 9.17) is 18.9 Å². The van der Waals surface area contributed by atoms with Crippen molar-refractivity contribution in [2.45, 2.75) is 63.5 Å². The van der Waals surface area contributed by atoms with Crippen molar-refractivity contribution in [2.24, 2.45) is 11.8 Å². The van der Waals surface area contributed by atoms with Gasteiger partial charge in [-0.25, -0.2) is 0 Å². The molecule has 7 heteroatoms. The summed E-state index contributed by atoms with van der Waals surface area (Å²) in [6.45, 7) is 9.63. The molecule has 4 rings (SSSR count). The Balaban J connectivity index is 1.89. The Hall–Kier alpha value is -0.990. The number of esters is 1. The Bertz CT molecular complexity index is 533. The lowest BCUT2D eigenvalue weighted by atomic mass is 9.77. The first-order chi connectivity index (χ1) is 11.2. The van der Waals surface area contributed by atoms with Gasteiger partial charge in [0, 0.05) is 25.5 Å². The molecule has 3 saturated heterocycles. The van der Waals surface area contributed by atoms with E-state index in [1.807, 2.05) is 0 Å². The summed E-state index contributed by atoms with van der Waals surface area (Å²) in [6.07, 6.45) is -1.72. The summed E-state index contributed by atoms with van der Waals surface area (Å²) in [5.41, 5.74) is -2.71. The summed E-state index contributed by atoms with van der Waals surface area (Å²) in [6, 6.07) is 0. The van der Waals surface area contributed by atoms with Gasteiger partial charge in [-0.3, -0.25) is 4.79 Å². The first-order valence-corrected chi connectivity index (χ1v) is 8.38. The van der Waals surface area contributed by atoms with Crippen molar-refractivity contribution in [3.63, 3.8) is 0 Å². The molecule has 0 amide bonds. The molecular formula is C17H26O7. The molecule has 24 heavy (non-hydrogen) atoms. The van der Waals surface area contributed by atoms with Crippen LogP contribution < -0.4 is 0 Å². The first kappa shape index (κ1) is 17.8. The van der Waals surface area contributed by atoms with E-state index in [0.717, 1.165) is 6.42 Å². The van der Waals surface area contributed by atoms with Crippen LogP contribution in [0.1, 0.15) is 33.6 Å². The molecule has 4 bridgehead atoms. The molecule has 1 saturated carbocycles. The van der Waals surface area contributed by atoms with Crippen LogP contribution in [0.4, 0.5) is 0 Å². The van der Waals surface area contributed by atoms with Crippen molar-refractivity contribution >= 4 is 5.97 Å². The van der Waals surface area contributed by atoms with E-state index in [2.05, 4.69) is 20.4 Å². The monoisotopic (exact) mass is 342 g/mol. The normalized spacial score (nSPS) is 44.0. The second kappa shape index (κ2) is 6.07. The van der Waals surface area contributed by atoms with E-state index < -0.39 is 41.8 Å². The van der Waals surface area contributed by atoms with Crippen LogP contribution in [-0.2, 0) is 23.7 Å². The minimum absolute atomic E-state index is 0.0554. The SMILES string of the molecule is C=C1C2OCC3(O)C(OC(C)=O)CC1(O)C3C(OCCC(C)C)O2. The lowest BCUT2D eigenvalue weighted by Gasteiger charge is -2.44. The van der Waals surface area contributed by atoms with Crippen molar-refractivity contribution in [3.8, 4) is 0 Å². The zero-order valence-corrected chi connectivity index (χ0v) is 14.4. The van der Waals surface area contributed by atoms with Crippen LogP contribution in [0.15, 0.2) is 12.2 Å². The number of aliphatic hydroxyl groups is 2. The summed E-state index contributed by atoms with van der Waals surface area (Å²) in [4.78, 5) is 11.4. The van der Waals surface area contributed by atoms with Crippen molar-refractivity contribution in [2.75, 3.05) is 13.2 Å². The van der Waals surface area contributed by atoms with Gasteiger partial charge in [-0.1, -0.05) is 20.4 Å². The average molecular weight is 342 g/mol. The van der Waals surface area contributed by atoms with Crippen LogP contribution in [0.25, 0.3) is 0 Å². The van der Waals surface area contributed by atoms with E-state index in [1.54, 1.807) is 0 Å². The Labute approximate surface area is 141 Å². The Morgan fingerprint density at radius 3 is 2.79 bits per heavy atom. The maximum atomic E-state index is 11.4. The summed E-state index contributed by atoms with van der Waals surface area (Å²) < 4.78 is 22.4. The summed E-state index contributed by atoms with van der Waals surface area (Å²) in [7, 11) is 0. The fraction of sp³-hybridized carbons (Fsp3) is 0.824. The summed E-state index contributed by atoms with van der Waals surface area (Å²) >= 11 is 0. The fourth-order valence-electron chi connectivity index (χ4n) is 3.91. The highest BCUT2D eigenvalue weighted by Gasteiger charge is 2.72. The number of ether oxygens (including phenoxy) is 4. The molecule has 0 aromatic carbocycles. The Kier molecular flexibility index (Phi) is 4.51. The number of carbonyl (C=O) groups excluding carboxylic acids is 1. The third kappa shape index (κ3) is 2.68. The molecule has 6 atom stereocenters. The molecule has 0 radical (unpaired) electrons. The highest BCUT2D eigenvalue weighted by atomic mass is 16.8. The van der Waals surface area contributed by atoms with Gasteiger partial charge in [0.15, 0.2) is 12.6 Å². The van der Waals surface area contributed by atoms with E-state index >= 15 is 0 Å². The largest absolute Gasteiger partial charge is 0.459 e.